The van der Waals surface area contributed by atoms with Crippen molar-refractivity contribution in [3.8, 4) is 5.75 Å². The lowest BCUT2D eigenvalue weighted by atomic mass is 10.0. The maximum Gasteiger partial charge on any atom is 0.343 e. The van der Waals surface area contributed by atoms with Crippen LogP contribution in [0.1, 0.15) is 112 Å². The van der Waals surface area contributed by atoms with Crippen molar-refractivity contribution in [3.63, 3.8) is 0 Å². The molecule has 0 N–H and O–H groups in total. The number of carbonyl (C=O) groups is 1. The Kier molecular flexibility index (Phi) is 15.1. The fourth-order valence-corrected chi connectivity index (χ4v) is 4.22. The molecule has 2 atom stereocenters. The summed E-state index contributed by atoms with van der Waals surface area (Å²) >= 11 is 0. The molecule has 0 spiro atoms. The van der Waals surface area contributed by atoms with Crippen LogP contribution in [0.3, 0.4) is 0 Å². The van der Waals surface area contributed by atoms with Crippen LogP contribution in [0.4, 0.5) is 8.78 Å². The number of rotatable bonds is 19. The third kappa shape index (κ3) is 12.2. The van der Waals surface area contributed by atoms with Gasteiger partial charge in [0.25, 0.3) is 0 Å². The van der Waals surface area contributed by atoms with Gasteiger partial charge in [0.1, 0.15) is 5.75 Å². The predicted molar refractivity (Wildman–Crippen MR) is 148 cm³/mol. The van der Waals surface area contributed by atoms with Crippen molar-refractivity contribution in [1.29, 1.82) is 0 Å². The zero-order valence-electron chi connectivity index (χ0n) is 23.0. The van der Waals surface area contributed by atoms with Gasteiger partial charge in [0, 0.05) is 6.61 Å². The van der Waals surface area contributed by atoms with Gasteiger partial charge in [-0.05, 0) is 54.2 Å². The second kappa shape index (κ2) is 18.1. The first-order valence-corrected chi connectivity index (χ1v) is 14.2. The molecule has 0 bridgehead atoms. The van der Waals surface area contributed by atoms with E-state index in [1.54, 1.807) is 36.4 Å². The summed E-state index contributed by atoms with van der Waals surface area (Å²) in [4.78, 5) is 12.6. The number of ether oxygens (including phenoxy) is 2. The first kappa shape index (κ1) is 31.0. The zero-order chi connectivity index (χ0) is 26.9. The first-order chi connectivity index (χ1) is 17.9. The van der Waals surface area contributed by atoms with Crippen LogP contribution in [0, 0.1) is 5.92 Å². The molecule has 37 heavy (non-hydrogen) atoms. The highest BCUT2D eigenvalue weighted by Crippen LogP contribution is 2.26. The normalized spacial score (nSPS) is 13.0. The van der Waals surface area contributed by atoms with E-state index in [1.807, 2.05) is 26.0 Å². The van der Waals surface area contributed by atoms with Gasteiger partial charge in [-0.3, -0.25) is 0 Å². The standard InChI is InChI=1S/C32H46F2O3/c1-4-6-7-8-9-10-11-12-13-14-26-15-17-28(18-16-26)32(35)37-29-21-19-27(20-22-29)30(31(33)34)24-36-23-25(3)5-2/h15-22,25,30-31H,4-14,23-24H2,1-3H3/t25?,30-/m1/s1. The predicted octanol–water partition coefficient (Wildman–Crippen LogP) is 9.39. The van der Waals surface area contributed by atoms with E-state index < -0.39 is 18.3 Å². The molecule has 2 aromatic carbocycles. The molecule has 0 saturated heterocycles. The molecule has 0 heterocycles. The minimum Gasteiger partial charge on any atom is -0.423 e. The Balaban J connectivity index is 1.76. The number of unbranched alkanes of at least 4 members (excludes halogenated alkanes) is 8. The Labute approximate surface area is 223 Å². The molecular formula is C32H46F2O3. The highest BCUT2D eigenvalue weighted by atomic mass is 19.3. The summed E-state index contributed by atoms with van der Waals surface area (Å²) in [6.07, 6.45) is 11.2. The molecule has 0 aromatic heterocycles. The molecule has 3 nitrogen and oxygen atoms in total. The van der Waals surface area contributed by atoms with Crippen LogP contribution in [0.2, 0.25) is 0 Å². The minimum atomic E-state index is -2.53. The van der Waals surface area contributed by atoms with Crippen molar-refractivity contribution in [2.45, 2.75) is 104 Å². The van der Waals surface area contributed by atoms with Crippen LogP contribution in [0.15, 0.2) is 48.5 Å². The van der Waals surface area contributed by atoms with Crippen molar-refractivity contribution in [3.05, 3.63) is 65.2 Å². The summed E-state index contributed by atoms with van der Waals surface area (Å²) in [5.74, 6) is -0.790. The van der Waals surface area contributed by atoms with Crippen LogP contribution in [0.25, 0.3) is 0 Å². The second-order valence-corrected chi connectivity index (χ2v) is 10.2. The maximum atomic E-state index is 13.6. The quantitative estimate of drug-likeness (QED) is 0.106. The van der Waals surface area contributed by atoms with E-state index in [0.717, 1.165) is 19.3 Å². The van der Waals surface area contributed by atoms with Crippen LogP contribution in [-0.4, -0.2) is 25.6 Å². The van der Waals surface area contributed by atoms with E-state index >= 15 is 0 Å². The smallest absolute Gasteiger partial charge is 0.343 e. The van der Waals surface area contributed by atoms with Gasteiger partial charge in [0.2, 0.25) is 6.43 Å². The zero-order valence-corrected chi connectivity index (χ0v) is 23.0. The topological polar surface area (TPSA) is 35.5 Å². The molecule has 1 unspecified atom stereocenters. The van der Waals surface area contributed by atoms with Gasteiger partial charge in [-0.15, -0.1) is 0 Å². The lowest BCUT2D eigenvalue weighted by Crippen LogP contribution is -2.18. The van der Waals surface area contributed by atoms with Crippen LogP contribution < -0.4 is 4.74 Å². The van der Waals surface area contributed by atoms with E-state index in [4.69, 9.17) is 9.47 Å². The summed E-state index contributed by atoms with van der Waals surface area (Å²) in [6.45, 7) is 6.76. The summed E-state index contributed by atoms with van der Waals surface area (Å²) in [7, 11) is 0. The lowest BCUT2D eigenvalue weighted by Gasteiger charge is -2.18. The number of alkyl halides is 2. The molecule has 0 radical (unpaired) electrons. The Bertz CT molecular complexity index is 865. The molecule has 206 valence electrons. The van der Waals surface area contributed by atoms with Crippen molar-refractivity contribution >= 4 is 5.97 Å². The van der Waals surface area contributed by atoms with E-state index in [9.17, 15) is 13.6 Å². The van der Waals surface area contributed by atoms with E-state index in [0.29, 0.717) is 29.4 Å². The molecule has 0 aliphatic carbocycles. The van der Waals surface area contributed by atoms with E-state index in [1.165, 1.54) is 56.9 Å². The number of benzene rings is 2. The molecule has 0 fully saturated rings. The fraction of sp³-hybridized carbons (Fsp3) is 0.594. The SMILES string of the molecule is CCCCCCCCCCCc1ccc(C(=O)Oc2ccc([C@@H](COCC(C)CC)C(F)F)cc2)cc1. The number of aryl methyl sites for hydroxylation is 1. The third-order valence-corrected chi connectivity index (χ3v) is 6.98. The first-order valence-electron chi connectivity index (χ1n) is 14.2. The highest BCUT2D eigenvalue weighted by molar-refractivity contribution is 5.91. The fourth-order valence-electron chi connectivity index (χ4n) is 4.22. The Morgan fingerprint density at radius 2 is 1.38 bits per heavy atom. The minimum absolute atomic E-state index is 0.0352. The van der Waals surface area contributed by atoms with Gasteiger partial charge in [-0.25, -0.2) is 13.6 Å². The Hall–Kier alpha value is -2.27. The number of esters is 1. The third-order valence-electron chi connectivity index (χ3n) is 6.98. The largest absolute Gasteiger partial charge is 0.423 e. The number of halogens is 2. The molecule has 2 rings (SSSR count). The number of hydrogen-bond acceptors (Lipinski definition) is 3. The number of hydrogen-bond donors (Lipinski definition) is 0. The Morgan fingerprint density at radius 3 is 1.95 bits per heavy atom. The van der Waals surface area contributed by atoms with Gasteiger partial charge < -0.3 is 9.47 Å². The van der Waals surface area contributed by atoms with Gasteiger partial charge in [0.05, 0.1) is 18.1 Å². The van der Waals surface area contributed by atoms with Crippen molar-refractivity contribution in [1.82, 2.24) is 0 Å². The van der Waals surface area contributed by atoms with E-state index in [2.05, 4.69) is 6.92 Å². The summed E-state index contributed by atoms with van der Waals surface area (Å²) in [5.41, 5.74) is 2.17. The van der Waals surface area contributed by atoms with Crippen molar-refractivity contribution < 1.29 is 23.0 Å². The van der Waals surface area contributed by atoms with Gasteiger partial charge in [0.15, 0.2) is 0 Å². The molecule has 0 amide bonds. The Morgan fingerprint density at radius 1 is 0.784 bits per heavy atom. The summed E-state index contributed by atoms with van der Waals surface area (Å²) in [5, 5.41) is 0. The summed E-state index contributed by atoms with van der Waals surface area (Å²) in [6, 6.07) is 13.8. The molecule has 5 heteroatoms. The van der Waals surface area contributed by atoms with Crippen LogP contribution in [0.5, 0.6) is 5.75 Å². The highest BCUT2D eigenvalue weighted by Gasteiger charge is 2.23. The van der Waals surface area contributed by atoms with Gasteiger partial charge >= 0.3 is 5.97 Å². The monoisotopic (exact) mass is 516 g/mol. The van der Waals surface area contributed by atoms with Gasteiger partial charge in [-0.1, -0.05) is 103 Å². The van der Waals surface area contributed by atoms with Crippen LogP contribution in [-0.2, 0) is 11.2 Å². The average Bonchev–Trinajstić information content (AvgIpc) is 2.90. The molecule has 0 saturated carbocycles. The van der Waals surface area contributed by atoms with Crippen molar-refractivity contribution in [2.24, 2.45) is 5.92 Å². The van der Waals surface area contributed by atoms with Crippen molar-refractivity contribution in [2.75, 3.05) is 13.2 Å². The molecular weight excluding hydrogens is 470 g/mol. The molecule has 0 aliphatic heterocycles. The molecule has 2 aromatic rings. The van der Waals surface area contributed by atoms with Gasteiger partial charge in [-0.2, -0.15) is 0 Å². The van der Waals surface area contributed by atoms with Crippen LogP contribution >= 0.6 is 0 Å². The lowest BCUT2D eigenvalue weighted by molar-refractivity contribution is 0.0320. The second-order valence-electron chi connectivity index (χ2n) is 10.2. The maximum absolute atomic E-state index is 13.6. The average molecular weight is 517 g/mol. The molecule has 0 aliphatic rings. The number of carbonyl (C=O) groups excluding carboxylic acids is 1. The summed E-state index contributed by atoms with van der Waals surface area (Å²) < 4.78 is 38.1. The van der Waals surface area contributed by atoms with E-state index in [-0.39, 0.29) is 6.61 Å².